The van der Waals surface area contributed by atoms with Crippen LogP contribution >= 0.6 is 0 Å². The van der Waals surface area contributed by atoms with E-state index < -0.39 is 11.2 Å². The van der Waals surface area contributed by atoms with Crippen molar-refractivity contribution < 1.29 is 14.6 Å². The molecule has 0 heterocycles. The Balaban J connectivity index is 1.74. The van der Waals surface area contributed by atoms with E-state index in [4.69, 9.17) is 4.74 Å². The molecule has 112 valence electrons. The highest BCUT2D eigenvalue weighted by Gasteiger charge is 2.56. The molecule has 0 spiro atoms. The molecule has 0 amide bonds. The molecule has 4 bridgehead atoms. The highest BCUT2D eigenvalue weighted by Crippen LogP contribution is 2.56. The molecule has 0 saturated heterocycles. The molecule has 3 nitrogen and oxygen atoms in total. The zero-order valence-electron chi connectivity index (χ0n) is 12.7. The number of allylic oxidation sites excluding steroid dienone is 1. The molecule has 20 heavy (non-hydrogen) atoms. The van der Waals surface area contributed by atoms with Crippen LogP contribution in [0.1, 0.15) is 65.2 Å². The standard InChI is InChI=1S/C17H26O3/c1-3-5-14(4-2)15(18)20-17-9-12-6-13(10-17)8-16(19,7-12)11-17/h6,12,14,19H,3-5,7-11H2,1-2H3. The third kappa shape index (κ3) is 2.41. The Morgan fingerprint density at radius 2 is 2.25 bits per heavy atom. The second kappa shape index (κ2) is 4.87. The zero-order valence-corrected chi connectivity index (χ0v) is 12.7. The van der Waals surface area contributed by atoms with Crippen molar-refractivity contribution in [3.05, 3.63) is 11.6 Å². The molecule has 0 aliphatic heterocycles. The maximum Gasteiger partial charge on any atom is 0.309 e. The predicted octanol–water partition coefficient (Wildman–Crippen LogP) is 3.36. The molecule has 4 rings (SSSR count). The fourth-order valence-electron chi connectivity index (χ4n) is 4.77. The average molecular weight is 278 g/mol. The van der Waals surface area contributed by atoms with Gasteiger partial charge in [0.05, 0.1) is 11.5 Å². The largest absolute Gasteiger partial charge is 0.458 e. The van der Waals surface area contributed by atoms with Gasteiger partial charge in [0, 0.05) is 12.8 Å². The van der Waals surface area contributed by atoms with Crippen LogP contribution in [0.25, 0.3) is 0 Å². The molecule has 0 aromatic carbocycles. The van der Waals surface area contributed by atoms with E-state index in [9.17, 15) is 9.90 Å². The second-order valence-electron chi connectivity index (χ2n) is 7.25. The monoisotopic (exact) mass is 278 g/mol. The second-order valence-corrected chi connectivity index (χ2v) is 7.25. The number of aliphatic hydroxyl groups is 1. The molecule has 2 fully saturated rings. The summed E-state index contributed by atoms with van der Waals surface area (Å²) in [5.41, 5.74) is 0.286. The first-order valence-electron chi connectivity index (χ1n) is 8.12. The summed E-state index contributed by atoms with van der Waals surface area (Å²) >= 11 is 0. The van der Waals surface area contributed by atoms with Crippen molar-refractivity contribution in [2.45, 2.75) is 76.4 Å². The highest BCUT2D eigenvalue weighted by molar-refractivity contribution is 5.73. The Bertz CT molecular complexity index is 442. The molecule has 1 N–H and O–H groups in total. The van der Waals surface area contributed by atoms with Gasteiger partial charge >= 0.3 is 5.97 Å². The number of carbonyl (C=O) groups excluding carboxylic acids is 1. The van der Waals surface area contributed by atoms with Crippen LogP contribution < -0.4 is 0 Å². The van der Waals surface area contributed by atoms with Gasteiger partial charge in [-0.05, 0) is 38.0 Å². The Morgan fingerprint density at radius 3 is 2.85 bits per heavy atom. The van der Waals surface area contributed by atoms with Crippen LogP contribution in [0.3, 0.4) is 0 Å². The van der Waals surface area contributed by atoms with Gasteiger partial charge < -0.3 is 9.84 Å². The van der Waals surface area contributed by atoms with Gasteiger partial charge in [0.25, 0.3) is 0 Å². The van der Waals surface area contributed by atoms with Crippen molar-refractivity contribution in [2.24, 2.45) is 11.8 Å². The Hall–Kier alpha value is -0.830. The lowest BCUT2D eigenvalue weighted by molar-refractivity contribution is -0.191. The summed E-state index contributed by atoms with van der Waals surface area (Å²) in [6, 6.07) is 0. The van der Waals surface area contributed by atoms with E-state index in [1.807, 2.05) is 0 Å². The number of carbonyl (C=O) groups is 1. The summed E-state index contributed by atoms with van der Waals surface area (Å²) in [5, 5.41) is 10.6. The topological polar surface area (TPSA) is 46.5 Å². The summed E-state index contributed by atoms with van der Waals surface area (Å²) < 4.78 is 5.98. The molecule has 4 aliphatic rings. The molecule has 2 saturated carbocycles. The first-order chi connectivity index (χ1) is 9.47. The summed E-state index contributed by atoms with van der Waals surface area (Å²) in [5.74, 6) is 0.391. The van der Waals surface area contributed by atoms with Crippen LogP contribution in [0.5, 0.6) is 0 Å². The fourth-order valence-corrected chi connectivity index (χ4v) is 4.77. The van der Waals surface area contributed by atoms with Crippen LogP contribution in [0, 0.1) is 11.8 Å². The van der Waals surface area contributed by atoms with Crippen LogP contribution in [0.2, 0.25) is 0 Å². The maximum atomic E-state index is 12.4. The third-order valence-corrected chi connectivity index (χ3v) is 5.28. The van der Waals surface area contributed by atoms with Crippen molar-refractivity contribution in [3.8, 4) is 0 Å². The molecule has 4 unspecified atom stereocenters. The number of esters is 1. The van der Waals surface area contributed by atoms with Crippen molar-refractivity contribution in [1.82, 2.24) is 0 Å². The third-order valence-electron chi connectivity index (χ3n) is 5.28. The fraction of sp³-hybridized carbons (Fsp3) is 0.824. The first-order valence-corrected chi connectivity index (χ1v) is 8.12. The minimum Gasteiger partial charge on any atom is -0.458 e. The minimum atomic E-state index is -0.613. The average Bonchev–Trinajstić information content (AvgIpc) is 2.31. The van der Waals surface area contributed by atoms with Crippen molar-refractivity contribution in [2.75, 3.05) is 0 Å². The highest BCUT2D eigenvalue weighted by atomic mass is 16.6. The van der Waals surface area contributed by atoms with Gasteiger partial charge in [0.15, 0.2) is 0 Å². The Morgan fingerprint density at radius 1 is 1.45 bits per heavy atom. The van der Waals surface area contributed by atoms with Crippen LogP contribution in [-0.2, 0) is 9.53 Å². The van der Waals surface area contributed by atoms with E-state index in [1.54, 1.807) is 0 Å². The zero-order chi connectivity index (χ0) is 14.4. The quantitative estimate of drug-likeness (QED) is 0.619. The van der Waals surface area contributed by atoms with E-state index >= 15 is 0 Å². The maximum absolute atomic E-state index is 12.4. The minimum absolute atomic E-state index is 0.0247. The lowest BCUT2D eigenvalue weighted by Gasteiger charge is -2.55. The van der Waals surface area contributed by atoms with Crippen molar-refractivity contribution >= 4 is 5.97 Å². The summed E-state index contributed by atoms with van der Waals surface area (Å²) in [6.07, 6.45) is 9.11. The van der Waals surface area contributed by atoms with Crippen molar-refractivity contribution in [3.63, 3.8) is 0 Å². The molecule has 0 aromatic rings. The van der Waals surface area contributed by atoms with Crippen LogP contribution in [-0.4, -0.2) is 22.3 Å². The lowest BCUT2D eigenvalue weighted by Crippen LogP contribution is -2.57. The van der Waals surface area contributed by atoms with Gasteiger partial charge in [-0.2, -0.15) is 0 Å². The van der Waals surface area contributed by atoms with Crippen LogP contribution in [0.15, 0.2) is 11.6 Å². The van der Waals surface area contributed by atoms with Crippen LogP contribution in [0.4, 0.5) is 0 Å². The van der Waals surface area contributed by atoms with Gasteiger partial charge in [-0.1, -0.05) is 31.9 Å². The number of hydrogen-bond donors (Lipinski definition) is 1. The van der Waals surface area contributed by atoms with E-state index in [0.717, 1.165) is 44.9 Å². The number of ether oxygens (including phenoxy) is 1. The van der Waals surface area contributed by atoms with Gasteiger partial charge in [0.2, 0.25) is 0 Å². The Labute approximate surface area is 121 Å². The molecular weight excluding hydrogens is 252 g/mol. The Kier molecular flexibility index (Phi) is 3.44. The van der Waals surface area contributed by atoms with Gasteiger partial charge in [0.1, 0.15) is 5.60 Å². The van der Waals surface area contributed by atoms with E-state index in [0.29, 0.717) is 12.3 Å². The van der Waals surface area contributed by atoms with Gasteiger partial charge in [-0.25, -0.2) is 0 Å². The smallest absolute Gasteiger partial charge is 0.309 e. The van der Waals surface area contributed by atoms with Gasteiger partial charge in [-0.15, -0.1) is 0 Å². The molecule has 0 aromatic heterocycles. The lowest BCUT2D eigenvalue weighted by atomic mass is 9.57. The van der Waals surface area contributed by atoms with E-state index in [1.165, 1.54) is 5.57 Å². The summed E-state index contributed by atoms with van der Waals surface area (Å²) in [6.45, 7) is 4.16. The van der Waals surface area contributed by atoms with E-state index in [2.05, 4.69) is 19.9 Å². The SMILES string of the molecule is CCCC(CC)C(=O)OC12CC3=CC(CC(O)(C3)C1)C2. The predicted molar refractivity (Wildman–Crippen MR) is 77.1 cm³/mol. The van der Waals surface area contributed by atoms with E-state index in [-0.39, 0.29) is 11.9 Å². The molecular formula is C17H26O3. The van der Waals surface area contributed by atoms with Gasteiger partial charge in [-0.3, -0.25) is 4.79 Å². The normalized spacial score (nSPS) is 39.5. The molecule has 3 heteroatoms. The molecule has 4 atom stereocenters. The molecule has 4 aliphatic carbocycles. The first kappa shape index (κ1) is 14.1. The number of hydrogen-bond acceptors (Lipinski definition) is 3. The van der Waals surface area contributed by atoms with Crippen molar-refractivity contribution in [1.29, 1.82) is 0 Å². The number of rotatable bonds is 5. The molecule has 0 radical (unpaired) electrons. The summed E-state index contributed by atoms with van der Waals surface area (Å²) in [7, 11) is 0. The summed E-state index contributed by atoms with van der Waals surface area (Å²) in [4.78, 5) is 12.4.